The molecule has 0 aromatic rings. The van der Waals surface area contributed by atoms with Crippen molar-refractivity contribution in [1.82, 2.24) is 15.1 Å². The van der Waals surface area contributed by atoms with Crippen LogP contribution in [0, 0.1) is 0 Å². The number of nitrogens with zero attached hydrogens (tertiary/aromatic N) is 3. The topological polar surface area (TPSA) is 30.9 Å². The molecule has 2 saturated heterocycles. The Hall–Kier alpha value is -0.630. The van der Waals surface area contributed by atoms with Crippen molar-refractivity contribution in [1.29, 1.82) is 0 Å². The van der Waals surface area contributed by atoms with Gasteiger partial charge in [0.05, 0.1) is 6.54 Å². The highest BCUT2D eigenvalue weighted by atomic mass is 32.2. The molecule has 2 unspecified atom stereocenters. The van der Waals surface area contributed by atoms with Crippen LogP contribution in [-0.2, 0) is 0 Å². The normalized spacial score (nSPS) is 28.2. The molecule has 2 aliphatic rings. The van der Waals surface area contributed by atoms with Crippen LogP contribution in [0.1, 0.15) is 19.8 Å². The van der Waals surface area contributed by atoms with Crippen molar-refractivity contribution in [2.24, 2.45) is 4.99 Å². The number of likely N-dealkylation sites (tertiary alicyclic amines) is 1. The Balaban J connectivity index is 1.84. The van der Waals surface area contributed by atoms with Gasteiger partial charge in [-0.25, -0.2) is 0 Å². The number of nitrogens with one attached hydrogen (secondary N) is 1. The van der Waals surface area contributed by atoms with E-state index in [2.05, 4.69) is 22.1 Å². The van der Waals surface area contributed by atoms with Crippen LogP contribution >= 0.6 is 11.8 Å². The second-order valence-electron chi connectivity index (χ2n) is 5.87. The molecule has 1 N–H and O–H groups in total. The molecule has 2 heterocycles. The van der Waals surface area contributed by atoms with Crippen LogP contribution in [0.2, 0.25) is 0 Å². The Morgan fingerprint density at radius 2 is 2.09 bits per heavy atom. The molecule has 22 heavy (non-hydrogen) atoms. The number of rotatable bonds is 3. The van der Waals surface area contributed by atoms with Gasteiger partial charge in [-0.1, -0.05) is 6.92 Å². The molecule has 4 nitrogen and oxygen atoms in total. The van der Waals surface area contributed by atoms with Crippen LogP contribution in [0.25, 0.3) is 0 Å². The van der Waals surface area contributed by atoms with Crippen LogP contribution in [-0.4, -0.2) is 78.8 Å². The number of thioether (sulfide) groups is 1. The fraction of sp³-hybridized carbons (Fsp3) is 0.929. The standard InChI is InChI=1S/C14H25F3N4S/c1-3-12-9-21(6-7-22-12)13(18-2)19-11-4-5-20(8-11)10-14(15,16)17/h11-12H,3-10H2,1-2H3,(H,18,19). The highest BCUT2D eigenvalue weighted by Gasteiger charge is 2.35. The molecule has 2 atom stereocenters. The van der Waals surface area contributed by atoms with Crippen molar-refractivity contribution < 1.29 is 13.2 Å². The van der Waals surface area contributed by atoms with Gasteiger partial charge in [-0.3, -0.25) is 9.89 Å². The third-order valence-corrected chi connectivity index (χ3v) is 5.49. The second kappa shape index (κ2) is 7.77. The lowest BCUT2D eigenvalue weighted by atomic mass is 10.2. The molecular formula is C14H25F3N4S. The third kappa shape index (κ3) is 5.22. The summed E-state index contributed by atoms with van der Waals surface area (Å²) in [5.74, 6) is 1.90. The van der Waals surface area contributed by atoms with Gasteiger partial charge >= 0.3 is 6.18 Å². The molecule has 0 aliphatic carbocycles. The van der Waals surface area contributed by atoms with E-state index in [1.165, 1.54) is 4.90 Å². The summed E-state index contributed by atoms with van der Waals surface area (Å²) in [6.45, 7) is 4.19. The van der Waals surface area contributed by atoms with Gasteiger partial charge in [-0.05, 0) is 12.8 Å². The summed E-state index contributed by atoms with van der Waals surface area (Å²) in [5.41, 5.74) is 0. The average molecular weight is 338 g/mol. The zero-order valence-electron chi connectivity index (χ0n) is 13.2. The van der Waals surface area contributed by atoms with E-state index in [9.17, 15) is 13.2 Å². The molecule has 0 amide bonds. The Labute approximate surface area is 134 Å². The number of halogens is 3. The van der Waals surface area contributed by atoms with E-state index in [-0.39, 0.29) is 6.04 Å². The molecule has 0 saturated carbocycles. The summed E-state index contributed by atoms with van der Waals surface area (Å²) < 4.78 is 37.3. The van der Waals surface area contributed by atoms with Gasteiger partial charge in [-0.15, -0.1) is 0 Å². The van der Waals surface area contributed by atoms with Gasteiger partial charge in [0, 0.05) is 50.3 Å². The molecular weight excluding hydrogens is 313 g/mol. The van der Waals surface area contributed by atoms with Gasteiger partial charge in [-0.2, -0.15) is 24.9 Å². The molecule has 8 heteroatoms. The quantitative estimate of drug-likeness (QED) is 0.630. The van der Waals surface area contributed by atoms with E-state index in [0.29, 0.717) is 18.3 Å². The third-order valence-electron chi connectivity index (χ3n) is 4.11. The maximum Gasteiger partial charge on any atom is 0.401 e. The van der Waals surface area contributed by atoms with Gasteiger partial charge in [0.15, 0.2) is 5.96 Å². The summed E-state index contributed by atoms with van der Waals surface area (Å²) in [7, 11) is 1.74. The first-order valence-corrected chi connectivity index (χ1v) is 8.85. The monoisotopic (exact) mass is 338 g/mol. The number of hydrogen-bond donors (Lipinski definition) is 1. The van der Waals surface area contributed by atoms with E-state index in [1.54, 1.807) is 7.05 Å². The molecule has 0 aromatic carbocycles. The Bertz CT molecular complexity index is 389. The number of alkyl halides is 3. The molecule has 2 aliphatic heterocycles. The number of guanidine groups is 1. The Kier molecular flexibility index (Phi) is 6.26. The van der Waals surface area contributed by atoms with E-state index in [0.717, 1.165) is 37.6 Å². The molecule has 0 aromatic heterocycles. The highest BCUT2D eigenvalue weighted by molar-refractivity contribution is 8.00. The van der Waals surface area contributed by atoms with Crippen LogP contribution in [0.3, 0.4) is 0 Å². The maximum absolute atomic E-state index is 12.4. The molecule has 2 fully saturated rings. The Morgan fingerprint density at radius 3 is 2.73 bits per heavy atom. The highest BCUT2D eigenvalue weighted by Crippen LogP contribution is 2.22. The first-order valence-electron chi connectivity index (χ1n) is 7.80. The predicted octanol–water partition coefficient (Wildman–Crippen LogP) is 2.03. The van der Waals surface area contributed by atoms with Crippen molar-refractivity contribution in [3.05, 3.63) is 0 Å². The SMILES string of the molecule is CCC1CN(C(=NC)NC2CCN(CC(F)(F)F)C2)CCS1. The average Bonchev–Trinajstić information content (AvgIpc) is 2.89. The zero-order valence-corrected chi connectivity index (χ0v) is 14.0. The maximum atomic E-state index is 12.4. The lowest BCUT2D eigenvalue weighted by Crippen LogP contribution is -2.51. The van der Waals surface area contributed by atoms with Crippen molar-refractivity contribution in [3.63, 3.8) is 0 Å². The lowest BCUT2D eigenvalue weighted by molar-refractivity contribution is -0.143. The molecule has 2 rings (SSSR count). The van der Waals surface area contributed by atoms with E-state index < -0.39 is 12.7 Å². The molecule has 0 bridgehead atoms. The lowest BCUT2D eigenvalue weighted by Gasteiger charge is -2.35. The van der Waals surface area contributed by atoms with Crippen LogP contribution in [0.4, 0.5) is 13.2 Å². The van der Waals surface area contributed by atoms with Crippen molar-refractivity contribution in [2.75, 3.05) is 45.5 Å². The molecule has 128 valence electrons. The summed E-state index contributed by atoms with van der Waals surface area (Å²) in [6, 6.07) is 0.0516. The first kappa shape index (κ1) is 17.7. The zero-order chi connectivity index (χ0) is 16.2. The minimum absolute atomic E-state index is 0.0516. The fourth-order valence-electron chi connectivity index (χ4n) is 2.99. The number of aliphatic imine (C=N–C) groups is 1. The van der Waals surface area contributed by atoms with Gasteiger partial charge in [0.1, 0.15) is 0 Å². The van der Waals surface area contributed by atoms with Crippen molar-refractivity contribution in [3.8, 4) is 0 Å². The van der Waals surface area contributed by atoms with Crippen molar-refractivity contribution in [2.45, 2.75) is 37.2 Å². The predicted molar refractivity (Wildman–Crippen MR) is 85.5 cm³/mol. The summed E-state index contributed by atoms with van der Waals surface area (Å²) >= 11 is 1.99. The van der Waals surface area contributed by atoms with E-state index in [1.807, 2.05) is 11.8 Å². The van der Waals surface area contributed by atoms with Gasteiger partial charge in [0.25, 0.3) is 0 Å². The van der Waals surface area contributed by atoms with Crippen LogP contribution < -0.4 is 5.32 Å². The molecule has 0 spiro atoms. The molecule has 0 radical (unpaired) electrons. The minimum atomic E-state index is -4.12. The van der Waals surface area contributed by atoms with Gasteiger partial charge < -0.3 is 10.2 Å². The summed E-state index contributed by atoms with van der Waals surface area (Å²) in [4.78, 5) is 8.02. The first-order chi connectivity index (χ1) is 10.4. The fourth-order valence-corrected chi connectivity index (χ4v) is 4.17. The largest absolute Gasteiger partial charge is 0.401 e. The minimum Gasteiger partial charge on any atom is -0.352 e. The van der Waals surface area contributed by atoms with Crippen molar-refractivity contribution >= 4 is 17.7 Å². The smallest absolute Gasteiger partial charge is 0.352 e. The van der Waals surface area contributed by atoms with E-state index in [4.69, 9.17) is 0 Å². The summed E-state index contributed by atoms with van der Waals surface area (Å²) in [6.07, 6.45) is -2.26. The summed E-state index contributed by atoms with van der Waals surface area (Å²) in [5, 5.41) is 3.96. The van der Waals surface area contributed by atoms with Gasteiger partial charge in [0.2, 0.25) is 0 Å². The van der Waals surface area contributed by atoms with Crippen LogP contribution in [0.5, 0.6) is 0 Å². The van der Waals surface area contributed by atoms with E-state index >= 15 is 0 Å². The Morgan fingerprint density at radius 1 is 1.32 bits per heavy atom. The second-order valence-corrected chi connectivity index (χ2v) is 7.28. The van der Waals surface area contributed by atoms with Crippen LogP contribution in [0.15, 0.2) is 4.99 Å². The number of hydrogen-bond acceptors (Lipinski definition) is 3.